The largest absolute Gasteiger partial charge is 0.459 e. The first-order chi connectivity index (χ1) is 7.74. The highest BCUT2D eigenvalue weighted by atomic mass is 35.5. The zero-order chi connectivity index (χ0) is 11.4. The van der Waals surface area contributed by atoms with Gasteiger partial charge in [0.05, 0.1) is 18.1 Å². The first-order valence-electron chi connectivity index (χ1n) is 4.69. The summed E-state index contributed by atoms with van der Waals surface area (Å²) < 4.78 is 5.37. The molecule has 0 aliphatic heterocycles. The fraction of sp³-hybridized carbons (Fsp3) is 0.0909. The molecule has 4 nitrogen and oxygen atoms in total. The van der Waals surface area contributed by atoms with Crippen LogP contribution in [0.4, 0.5) is 5.69 Å². The topological polar surface area (TPSA) is 61.0 Å². The van der Waals surface area contributed by atoms with Crippen LogP contribution in [-0.4, -0.2) is 9.97 Å². The van der Waals surface area contributed by atoms with E-state index in [-0.39, 0.29) is 0 Å². The first kappa shape index (κ1) is 10.7. The average Bonchev–Trinajstić information content (AvgIpc) is 2.30. The summed E-state index contributed by atoms with van der Waals surface area (Å²) in [4.78, 5) is 7.85. The van der Waals surface area contributed by atoms with Crippen molar-refractivity contribution in [3.63, 3.8) is 0 Å². The van der Waals surface area contributed by atoms with Crippen molar-refractivity contribution >= 4 is 17.3 Å². The molecule has 0 fully saturated rings. The Hall–Kier alpha value is -1.81. The Labute approximate surface area is 98.0 Å². The van der Waals surface area contributed by atoms with Crippen LogP contribution in [0.3, 0.4) is 0 Å². The number of aromatic nitrogens is 2. The van der Waals surface area contributed by atoms with Crippen LogP contribution in [0.1, 0.15) is 5.56 Å². The molecule has 16 heavy (non-hydrogen) atoms. The summed E-state index contributed by atoms with van der Waals surface area (Å²) in [5.41, 5.74) is 6.97. The van der Waals surface area contributed by atoms with Crippen LogP contribution >= 0.6 is 11.6 Å². The molecule has 1 aromatic carbocycles. The fourth-order valence-electron chi connectivity index (χ4n) is 1.13. The second kappa shape index (κ2) is 4.81. The lowest BCUT2D eigenvalue weighted by molar-refractivity contribution is 0.281. The van der Waals surface area contributed by atoms with E-state index in [0.29, 0.717) is 23.3 Å². The summed E-state index contributed by atoms with van der Waals surface area (Å²) in [6, 6.07) is 7.71. The number of ether oxygens (including phenoxy) is 1. The molecular formula is C11H10ClN3O. The standard InChI is InChI=1S/C11H10ClN3O/c12-9-3-1-8(2-4-9)7-16-11-14-5-10(13)6-15-11/h1-6H,7,13H2. The summed E-state index contributed by atoms with van der Waals surface area (Å²) in [7, 11) is 0. The summed E-state index contributed by atoms with van der Waals surface area (Å²) in [5, 5.41) is 0.701. The summed E-state index contributed by atoms with van der Waals surface area (Å²) in [6.45, 7) is 0.404. The van der Waals surface area contributed by atoms with Crippen LogP contribution in [-0.2, 0) is 6.61 Å². The van der Waals surface area contributed by atoms with Crippen molar-refractivity contribution in [2.45, 2.75) is 6.61 Å². The third-order valence-corrected chi connectivity index (χ3v) is 2.18. The number of anilines is 1. The van der Waals surface area contributed by atoms with E-state index in [4.69, 9.17) is 22.1 Å². The Balaban J connectivity index is 1.97. The molecule has 1 aromatic heterocycles. The number of hydrogen-bond acceptors (Lipinski definition) is 4. The number of nitrogens with zero attached hydrogens (tertiary/aromatic N) is 2. The number of nitrogen functional groups attached to an aromatic ring is 1. The zero-order valence-corrected chi connectivity index (χ0v) is 9.19. The van der Waals surface area contributed by atoms with Gasteiger partial charge in [0.25, 0.3) is 0 Å². The maximum atomic E-state index is 5.77. The molecule has 0 bridgehead atoms. The predicted octanol–water partition coefficient (Wildman–Crippen LogP) is 2.29. The zero-order valence-electron chi connectivity index (χ0n) is 8.43. The SMILES string of the molecule is Nc1cnc(OCc2ccc(Cl)cc2)nc1. The van der Waals surface area contributed by atoms with Gasteiger partial charge in [-0.2, -0.15) is 0 Å². The van der Waals surface area contributed by atoms with E-state index in [1.54, 1.807) is 0 Å². The second-order valence-corrected chi connectivity index (χ2v) is 3.65. The van der Waals surface area contributed by atoms with Crippen molar-refractivity contribution in [2.24, 2.45) is 0 Å². The van der Waals surface area contributed by atoms with Gasteiger partial charge in [-0.1, -0.05) is 23.7 Å². The van der Waals surface area contributed by atoms with Crippen molar-refractivity contribution in [3.05, 3.63) is 47.2 Å². The predicted molar refractivity (Wildman–Crippen MR) is 62.2 cm³/mol. The third-order valence-electron chi connectivity index (χ3n) is 1.93. The van der Waals surface area contributed by atoms with E-state index in [1.807, 2.05) is 24.3 Å². The maximum absolute atomic E-state index is 5.77. The van der Waals surface area contributed by atoms with Crippen LogP contribution in [0.25, 0.3) is 0 Å². The Bertz CT molecular complexity index is 410. The second-order valence-electron chi connectivity index (χ2n) is 3.21. The van der Waals surface area contributed by atoms with Crippen molar-refractivity contribution in [3.8, 4) is 6.01 Å². The van der Waals surface area contributed by atoms with Gasteiger partial charge in [0, 0.05) is 5.02 Å². The van der Waals surface area contributed by atoms with Gasteiger partial charge >= 0.3 is 6.01 Å². The number of benzene rings is 1. The number of nitrogens with two attached hydrogens (primary N) is 1. The van der Waals surface area contributed by atoms with Gasteiger partial charge in [0.1, 0.15) is 6.61 Å². The maximum Gasteiger partial charge on any atom is 0.316 e. The molecular weight excluding hydrogens is 226 g/mol. The smallest absolute Gasteiger partial charge is 0.316 e. The Morgan fingerprint density at radius 1 is 1.12 bits per heavy atom. The van der Waals surface area contributed by atoms with Crippen LogP contribution < -0.4 is 10.5 Å². The van der Waals surface area contributed by atoms with Crippen LogP contribution in [0.2, 0.25) is 5.02 Å². The third kappa shape index (κ3) is 2.84. The van der Waals surface area contributed by atoms with E-state index in [0.717, 1.165) is 5.56 Å². The minimum Gasteiger partial charge on any atom is -0.459 e. The average molecular weight is 236 g/mol. The molecule has 2 N–H and O–H groups in total. The van der Waals surface area contributed by atoms with Crippen molar-refractivity contribution in [1.82, 2.24) is 9.97 Å². The van der Waals surface area contributed by atoms with E-state index in [9.17, 15) is 0 Å². The van der Waals surface area contributed by atoms with Crippen molar-refractivity contribution in [1.29, 1.82) is 0 Å². The van der Waals surface area contributed by atoms with E-state index >= 15 is 0 Å². The van der Waals surface area contributed by atoms with Gasteiger partial charge in [-0.15, -0.1) is 0 Å². The van der Waals surface area contributed by atoms with E-state index in [2.05, 4.69) is 9.97 Å². The molecule has 0 unspecified atom stereocenters. The Morgan fingerprint density at radius 2 is 1.75 bits per heavy atom. The molecule has 82 valence electrons. The van der Waals surface area contributed by atoms with E-state index in [1.165, 1.54) is 12.4 Å². The molecule has 0 aliphatic carbocycles. The highest BCUT2D eigenvalue weighted by molar-refractivity contribution is 6.30. The molecule has 5 heteroatoms. The monoisotopic (exact) mass is 235 g/mol. The minimum atomic E-state index is 0.309. The minimum absolute atomic E-state index is 0.309. The summed E-state index contributed by atoms with van der Waals surface area (Å²) >= 11 is 5.77. The fourth-order valence-corrected chi connectivity index (χ4v) is 1.26. The highest BCUT2D eigenvalue weighted by Gasteiger charge is 1.98. The number of halogens is 1. The molecule has 0 saturated heterocycles. The lowest BCUT2D eigenvalue weighted by Gasteiger charge is -2.04. The lowest BCUT2D eigenvalue weighted by Crippen LogP contribution is -1.99. The Kier molecular flexibility index (Phi) is 3.22. The molecule has 1 heterocycles. The van der Waals surface area contributed by atoms with Gasteiger partial charge in [-0.05, 0) is 17.7 Å². The normalized spacial score (nSPS) is 10.1. The van der Waals surface area contributed by atoms with Crippen LogP contribution in [0.15, 0.2) is 36.7 Å². The highest BCUT2D eigenvalue weighted by Crippen LogP contribution is 2.11. The molecule has 0 spiro atoms. The molecule has 0 saturated carbocycles. The number of hydrogen-bond donors (Lipinski definition) is 1. The first-order valence-corrected chi connectivity index (χ1v) is 5.06. The molecule has 0 aliphatic rings. The van der Waals surface area contributed by atoms with Crippen molar-refractivity contribution in [2.75, 3.05) is 5.73 Å². The van der Waals surface area contributed by atoms with Gasteiger partial charge in [0.2, 0.25) is 0 Å². The molecule has 0 atom stereocenters. The lowest BCUT2D eigenvalue weighted by atomic mass is 10.2. The van der Waals surface area contributed by atoms with Gasteiger partial charge in [0.15, 0.2) is 0 Å². The van der Waals surface area contributed by atoms with Gasteiger partial charge in [-0.25, -0.2) is 9.97 Å². The van der Waals surface area contributed by atoms with Gasteiger partial charge in [-0.3, -0.25) is 0 Å². The molecule has 0 radical (unpaired) electrons. The number of rotatable bonds is 3. The van der Waals surface area contributed by atoms with Gasteiger partial charge < -0.3 is 10.5 Å². The summed E-state index contributed by atoms with van der Waals surface area (Å²) in [6.07, 6.45) is 3.01. The molecule has 2 aromatic rings. The van der Waals surface area contributed by atoms with Crippen molar-refractivity contribution < 1.29 is 4.74 Å². The molecule has 0 amide bonds. The quantitative estimate of drug-likeness (QED) is 0.887. The summed E-state index contributed by atoms with van der Waals surface area (Å²) in [5.74, 6) is 0. The Morgan fingerprint density at radius 3 is 2.38 bits per heavy atom. The van der Waals surface area contributed by atoms with Crippen LogP contribution in [0, 0.1) is 0 Å². The molecule has 2 rings (SSSR count). The van der Waals surface area contributed by atoms with Crippen LogP contribution in [0.5, 0.6) is 6.01 Å². The van der Waals surface area contributed by atoms with E-state index < -0.39 is 0 Å².